The van der Waals surface area contributed by atoms with Crippen LogP contribution in [0.5, 0.6) is 11.5 Å². The van der Waals surface area contributed by atoms with Crippen LogP contribution in [0.3, 0.4) is 0 Å². The Morgan fingerprint density at radius 2 is 1.30 bits per heavy atom. The van der Waals surface area contributed by atoms with Gasteiger partial charge < -0.3 is 19.7 Å². The summed E-state index contributed by atoms with van der Waals surface area (Å²) in [5.74, 6) is -0.321. The highest BCUT2D eigenvalue weighted by Crippen LogP contribution is 2.33. The van der Waals surface area contributed by atoms with Crippen molar-refractivity contribution in [3.05, 3.63) is 46.4 Å². The van der Waals surface area contributed by atoms with E-state index in [-0.39, 0.29) is 56.2 Å². The second-order valence-corrected chi connectivity index (χ2v) is 12.4. The van der Waals surface area contributed by atoms with Gasteiger partial charge in [-0.05, 0) is 36.4 Å². The molecule has 0 spiro atoms. The predicted molar refractivity (Wildman–Crippen MR) is 126 cm³/mol. The lowest BCUT2D eigenvalue weighted by Crippen LogP contribution is -2.28. The Balaban J connectivity index is 2.15. The van der Waals surface area contributed by atoms with Gasteiger partial charge in [-0.3, -0.25) is 0 Å². The van der Waals surface area contributed by atoms with E-state index in [9.17, 15) is 27.0 Å². The fraction of sp³-hybridized carbons (Fsp3) is 0.400. The maximum Gasteiger partial charge on any atom is 0.206 e. The molecule has 0 radical (unpaired) electrons. The molecule has 0 heterocycles. The number of sulfone groups is 2. The summed E-state index contributed by atoms with van der Waals surface area (Å²) in [5, 5.41) is 19.3. The first-order valence-corrected chi connectivity index (χ1v) is 14.2. The number of rotatable bonds is 12. The van der Waals surface area contributed by atoms with E-state index in [1.807, 2.05) is 0 Å². The molecular weight excluding hydrogens is 539 g/mol. The van der Waals surface area contributed by atoms with Crippen LogP contribution in [0.15, 0.2) is 46.2 Å². The number of halogens is 3. The molecule has 2 aromatic rings. The van der Waals surface area contributed by atoms with Crippen LogP contribution in [-0.4, -0.2) is 69.9 Å². The minimum absolute atomic E-state index is 0.0264. The summed E-state index contributed by atoms with van der Waals surface area (Å²) >= 11 is 17.8. The van der Waals surface area contributed by atoms with Crippen molar-refractivity contribution in [3.63, 3.8) is 0 Å². The minimum atomic E-state index is -3.99. The fourth-order valence-electron chi connectivity index (χ4n) is 2.54. The number of benzene rings is 2. The molecule has 184 valence electrons. The first kappa shape index (κ1) is 28.0. The Hall–Kier alpha value is -1.27. The summed E-state index contributed by atoms with van der Waals surface area (Å²) in [7, 11) is -7.38. The lowest BCUT2D eigenvalue weighted by molar-refractivity contribution is 0.125. The van der Waals surface area contributed by atoms with Crippen molar-refractivity contribution in [3.8, 4) is 11.5 Å². The van der Waals surface area contributed by atoms with Crippen LogP contribution in [0.1, 0.15) is 6.92 Å². The zero-order chi connectivity index (χ0) is 24.8. The van der Waals surface area contributed by atoms with Gasteiger partial charge in [-0.2, -0.15) is 0 Å². The van der Waals surface area contributed by atoms with E-state index in [4.69, 9.17) is 44.3 Å². The molecule has 0 unspecified atom stereocenters. The summed E-state index contributed by atoms with van der Waals surface area (Å²) in [5.41, 5.74) is 0. The second kappa shape index (κ2) is 11.9. The molecule has 0 saturated carbocycles. The first-order chi connectivity index (χ1) is 15.4. The van der Waals surface area contributed by atoms with Crippen molar-refractivity contribution in [2.24, 2.45) is 0 Å². The molecule has 13 heteroatoms. The quantitative estimate of drug-likeness (QED) is 0.379. The average molecular weight is 562 g/mol. The lowest BCUT2D eigenvalue weighted by Gasteiger charge is -2.14. The van der Waals surface area contributed by atoms with Gasteiger partial charge >= 0.3 is 0 Å². The topological polar surface area (TPSA) is 127 Å². The molecule has 0 aliphatic carbocycles. The summed E-state index contributed by atoms with van der Waals surface area (Å²) in [6.07, 6.45) is -2.16. The van der Waals surface area contributed by atoms with Gasteiger partial charge in [0.05, 0.1) is 31.5 Å². The molecule has 0 fully saturated rings. The van der Waals surface area contributed by atoms with Gasteiger partial charge in [-0.1, -0.05) is 30.1 Å². The molecule has 0 amide bonds. The van der Waals surface area contributed by atoms with Crippen molar-refractivity contribution in [2.45, 2.75) is 28.9 Å². The van der Waals surface area contributed by atoms with Crippen molar-refractivity contribution < 1.29 is 36.5 Å². The number of ether oxygens (including phenoxy) is 2. The van der Waals surface area contributed by atoms with Crippen LogP contribution < -0.4 is 9.47 Å². The van der Waals surface area contributed by atoms with Crippen LogP contribution in [0.4, 0.5) is 0 Å². The van der Waals surface area contributed by atoms with E-state index in [0.29, 0.717) is 0 Å². The van der Waals surface area contributed by atoms with E-state index in [0.717, 1.165) is 0 Å². The first-order valence-electron chi connectivity index (χ1n) is 9.62. The number of aliphatic hydroxyl groups excluding tert-OH is 2. The molecule has 0 aromatic heterocycles. The van der Waals surface area contributed by atoms with E-state index >= 15 is 0 Å². The minimum Gasteiger partial charge on any atom is -0.489 e. The third kappa shape index (κ3) is 7.88. The highest BCUT2D eigenvalue weighted by atomic mass is 35.5. The van der Waals surface area contributed by atoms with E-state index < -0.39 is 37.6 Å². The Kier molecular flexibility index (Phi) is 10.1. The van der Waals surface area contributed by atoms with Gasteiger partial charge in [-0.15, -0.1) is 11.6 Å². The standard InChI is InChI=1S/C20H23Cl3O8S2/c1-2-32(26,27)12-14(25)11-31-20-6-4-16(8-18(20)23)33(28,29)15-3-5-19(17(22)7-15)30-10-13(24)9-21/h3-8,13-14,24-25H,2,9-12H2,1H3/t13-,14-/m0/s1. The van der Waals surface area contributed by atoms with Crippen molar-refractivity contribution in [1.82, 2.24) is 0 Å². The van der Waals surface area contributed by atoms with Gasteiger partial charge in [0.25, 0.3) is 0 Å². The number of aliphatic hydroxyl groups is 2. The van der Waals surface area contributed by atoms with Gasteiger partial charge in [0, 0.05) is 5.75 Å². The zero-order valence-corrected chi connectivity index (χ0v) is 21.3. The molecule has 2 N–H and O–H groups in total. The normalized spacial score (nSPS) is 14.0. The molecule has 0 saturated heterocycles. The Labute approximate surface area is 207 Å². The van der Waals surface area contributed by atoms with Crippen molar-refractivity contribution in [1.29, 1.82) is 0 Å². The second-order valence-electron chi connectivity index (χ2n) is 6.97. The van der Waals surface area contributed by atoms with Crippen molar-refractivity contribution >= 4 is 54.5 Å². The Bertz CT molecular complexity index is 1170. The van der Waals surface area contributed by atoms with Gasteiger partial charge in [-0.25, -0.2) is 16.8 Å². The van der Waals surface area contributed by atoms with Crippen LogP contribution in [0.2, 0.25) is 10.0 Å². The molecule has 2 rings (SSSR count). The maximum atomic E-state index is 13.0. The zero-order valence-electron chi connectivity index (χ0n) is 17.4. The fourth-order valence-corrected chi connectivity index (χ4v) is 5.46. The van der Waals surface area contributed by atoms with Crippen LogP contribution in [-0.2, 0) is 19.7 Å². The molecule has 0 aliphatic heterocycles. The smallest absolute Gasteiger partial charge is 0.206 e. The molecular formula is C20H23Cl3O8S2. The van der Waals surface area contributed by atoms with Gasteiger partial charge in [0.2, 0.25) is 9.84 Å². The van der Waals surface area contributed by atoms with E-state index in [1.165, 1.54) is 43.3 Å². The Morgan fingerprint density at radius 1 is 0.848 bits per heavy atom. The molecule has 8 nitrogen and oxygen atoms in total. The third-order valence-electron chi connectivity index (χ3n) is 4.35. The molecule has 0 aliphatic rings. The largest absolute Gasteiger partial charge is 0.489 e. The molecule has 33 heavy (non-hydrogen) atoms. The highest BCUT2D eigenvalue weighted by Gasteiger charge is 2.22. The summed E-state index contributed by atoms with van der Waals surface area (Å²) in [6, 6.07) is 7.62. The summed E-state index contributed by atoms with van der Waals surface area (Å²) in [4.78, 5) is -0.237. The highest BCUT2D eigenvalue weighted by molar-refractivity contribution is 7.91. The average Bonchev–Trinajstić information content (AvgIpc) is 2.76. The predicted octanol–water partition coefficient (Wildman–Crippen LogP) is 2.98. The van der Waals surface area contributed by atoms with Gasteiger partial charge in [0.1, 0.15) is 36.9 Å². The molecule has 2 aromatic carbocycles. The Morgan fingerprint density at radius 3 is 1.70 bits per heavy atom. The van der Waals surface area contributed by atoms with Crippen LogP contribution in [0.25, 0.3) is 0 Å². The monoisotopic (exact) mass is 560 g/mol. The van der Waals surface area contributed by atoms with Gasteiger partial charge in [0.15, 0.2) is 9.84 Å². The molecule has 2 atom stereocenters. The molecule has 0 bridgehead atoms. The lowest BCUT2D eigenvalue weighted by atomic mass is 10.3. The number of hydrogen-bond acceptors (Lipinski definition) is 8. The van der Waals surface area contributed by atoms with E-state index in [2.05, 4.69) is 0 Å². The van der Waals surface area contributed by atoms with Crippen molar-refractivity contribution in [2.75, 3.05) is 30.6 Å². The summed E-state index contributed by atoms with van der Waals surface area (Å²) in [6.45, 7) is 1.03. The maximum absolute atomic E-state index is 13.0. The number of hydrogen-bond donors (Lipinski definition) is 2. The SMILES string of the molecule is CCS(=O)(=O)C[C@@H](O)COc1ccc(S(=O)(=O)c2ccc(OC[C@@H](O)CCl)c(Cl)c2)cc1Cl. The summed E-state index contributed by atoms with van der Waals surface area (Å²) < 4.78 is 59.7. The van der Waals surface area contributed by atoms with Crippen LogP contribution in [0, 0.1) is 0 Å². The third-order valence-corrected chi connectivity index (χ3v) is 8.82. The number of alkyl halides is 1. The van der Waals surface area contributed by atoms with Crippen LogP contribution >= 0.6 is 34.8 Å². The van der Waals surface area contributed by atoms with E-state index in [1.54, 1.807) is 0 Å².